The van der Waals surface area contributed by atoms with Gasteiger partial charge in [0.05, 0.1) is 27.8 Å². The maximum atomic E-state index is 13.3. The molecule has 5 rings (SSSR count). The monoisotopic (exact) mass is 498 g/mol. The van der Waals surface area contributed by atoms with Crippen molar-refractivity contribution in [3.63, 3.8) is 0 Å². The smallest absolute Gasteiger partial charge is 0.225 e. The summed E-state index contributed by atoms with van der Waals surface area (Å²) in [5.74, 6) is 1.34. The van der Waals surface area contributed by atoms with Crippen LogP contribution in [0.3, 0.4) is 0 Å². The number of halogens is 3. The Morgan fingerprint density at radius 2 is 1.91 bits per heavy atom. The van der Waals surface area contributed by atoms with Gasteiger partial charge in [-0.3, -0.25) is 0 Å². The van der Waals surface area contributed by atoms with Crippen molar-refractivity contribution in [1.29, 1.82) is 0 Å². The van der Waals surface area contributed by atoms with E-state index >= 15 is 0 Å². The molecule has 0 unspecified atom stereocenters. The summed E-state index contributed by atoms with van der Waals surface area (Å²) >= 11 is 13.1. The van der Waals surface area contributed by atoms with E-state index in [9.17, 15) is 4.39 Å². The highest BCUT2D eigenvalue weighted by Gasteiger charge is 2.23. The number of piperidine rings is 1. The average molecular weight is 499 g/mol. The van der Waals surface area contributed by atoms with Gasteiger partial charge in [0.2, 0.25) is 5.95 Å². The molecule has 9 heteroatoms. The average Bonchev–Trinajstić information content (AvgIpc) is 3.17. The molecule has 2 aromatic heterocycles. The Balaban J connectivity index is 1.55. The summed E-state index contributed by atoms with van der Waals surface area (Å²) in [6, 6.07) is 11.8. The molecule has 1 aliphatic heterocycles. The van der Waals surface area contributed by atoms with Gasteiger partial charge < -0.3 is 15.2 Å². The first-order valence-electron chi connectivity index (χ1n) is 11.4. The van der Waals surface area contributed by atoms with Gasteiger partial charge in [0, 0.05) is 6.54 Å². The van der Waals surface area contributed by atoms with E-state index in [1.807, 2.05) is 25.1 Å². The molecule has 176 valence electrons. The fraction of sp³-hybridized carbons (Fsp3) is 0.320. The minimum Gasteiger partial charge on any atom is -0.348 e. The summed E-state index contributed by atoms with van der Waals surface area (Å²) in [5.41, 5.74) is 3.03. The third-order valence-electron chi connectivity index (χ3n) is 6.23. The number of hydrogen-bond donors (Lipinski definition) is 2. The van der Waals surface area contributed by atoms with Crippen LogP contribution in [0.15, 0.2) is 48.7 Å². The van der Waals surface area contributed by atoms with Gasteiger partial charge in [-0.05, 0) is 68.6 Å². The molecule has 0 amide bonds. The van der Waals surface area contributed by atoms with Gasteiger partial charge in [-0.25, -0.2) is 14.4 Å². The van der Waals surface area contributed by atoms with Crippen LogP contribution < -0.4 is 10.6 Å². The molecule has 2 aromatic carbocycles. The van der Waals surface area contributed by atoms with Crippen LogP contribution in [-0.4, -0.2) is 32.6 Å². The van der Waals surface area contributed by atoms with Crippen LogP contribution in [0.25, 0.3) is 22.6 Å². The van der Waals surface area contributed by atoms with E-state index in [1.165, 1.54) is 12.1 Å². The summed E-state index contributed by atoms with van der Waals surface area (Å²) < 4.78 is 15.4. The first kappa shape index (κ1) is 23.0. The Labute approximate surface area is 207 Å². The van der Waals surface area contributed by atoms with Crippen molar-refractivity contribution >= 4 is 40.3 Å². The van der Waals surface area contributed by atoms with Crippen LogP contribution in [0.1, 0.15) is 31.4 Å². The highest BCUT2D eigenvalue weighted by atomic mass is 35.5. The predicted octanol–water partition coefficient (Wildman–Crippen LogP) is 6.11. The van der Waals surface area contributed by atoms with E-state index in [2.05, 4.69) is 20.2 Å². The molecule has 4 aromatic rings. The SMILES string of the molecule is C[C@H](Nc1ncc2nc(-c3c(Cl)cccc3Cl)n(C[C@@H]3CCCNC3)c2n1)c1ccc(F)cc1. The van der Waals surface area contributed by atoms with Crippen LogP contribution in [0, 0.1) is 11.7 Å². The van der Waals surface area contributed by atoms with Gasteiger partial charge in [0.15, 0.2) is 5.65 Å². The third kappa shape index (κ3) is 4.73. The van der Waals surface area contributed by atoms with Crippen LogP contribution >= 0.6 is 23.2 Å². The summed E-state index contributed by atoms with van der Waals surface area (Å²) in [6.07, 6.45) is 3.97. The van der Waals surface area contributed by atoms with Gasteiger partial charge in [0.25, 0.3) is 0 Å². The minimum atomic E-state index is -0.263. The minimum absolute atomic E-state index is 0.102. The highest BCUT2D eigenvalue weighted by Crippen LogP contribution is 2.36. The lowest BCUT2D eigenvalue weighted by molar-refractivity contribution is 0.341. The first-order chi connectivity index (χ1) is 16.5. The topological polar surface area (TPSA) is 67.7 Å². The number of benzene rings is 2. The van der Waals surface area contributed by atoms with Crippen molar-refractivity contribution in [3.8, 4) is 11.4 Å². The van der Waals surface area contributed by atoms with Crippen molar-refractivity contribution < 1.29 is 4.39 Å². The summed E-state index contributed by atoms with van der Waals surface area (Å²) in [7, 11) is 0. The van der Waals surface area contributed by atoms with Gasteiger partial charge in [0.1, 0.15) is 17.2 Å². The van der Waals surface area contributed by atoms with Crippen molar-refractivity contribution in [2.75, 3.05) is 18.4 Å². The Bertz CT molecular complexity index is 1280. The third-order valence-corrected chi connectivity index (χ3v) is 6.86. The molecule has 34 heavy (non-hydrogen) atoms. The largest absolute Gasteiger partial charge is 0.348 e. The lowest BCUT2D eigenvalue weighted by Gasteiger charge is -2.24. The molecule has 0 saturated carbocycles. The number of fused-ring (bicyclic) bond motifs is 1. The van der Waals surface area contributed by atoms with Gasteiger partial charge in [-0.15, -0.1) is 0 Å². The Kier molecular flexibility index (Phi) is 6.68. The molecule has 1 aliphatic rings. The zero-order valence-corrected chi connectivity index (χ0v) is 20.2. The predicted molar refractivity (Wildman–Crippen MR) is 135 cm³/mol. The number of aromatic nitrogens is 4. The maximum absolute atomic E-state index is 13.3. The summed E-state index contributed by atoms with van der Waals surface area (Å²) in [4.78, 5) is 14.1. The number of hydrogen-bond acceptors (Lipinski definition) is 5. The standard InChI is InChI=1S/C25H25Cl2FN6/c1-15(17-7-9-18(28)10-8-17)31-25-30-13-21-23(33-25)34(14-16-4-3-11-29-12-16)24(32-21)22-19(26)5-2-6-20(22)27/h2,5-10,13,15-16,29H,3-4,11-12,14H2,1H3,(H,30,31,33)/t15-,16+/m0/s1. The van der Waals surface area contributed by atoms with E-state index in [0.29, 0.717) is 38.8 Å². The van der Waals surface area contributed by atoms with Crippen LogP contribution in [-0.2, 0) is 6.54 Å². The molecule has 0 aliphatic carbocycles. The molecule has 3 heterocycles. The van der Waals surface area contributed by atoms with Gasteiger partial charge in [-0.1, -0.05) is 41.4 Å². The molecule has 2 N–H and O–H groups in total. The van der Waals surface area contributed by atoms with Gasteiger partial charge in [-0.2, -0.15) is 4.98 Å². The number of rotatable bonds is 6. The van der Waals surface area contributed by atoms with Gasteiger partial charge >= 0.3 is 0 Å². The van der Waals surface area contributed by atoms with Crippen molar-refractivity contribution in [1.82, 2.24) is 24.8 Å². The summed E-state index contributed by atoms with van der Waals surface area (Å²) in [5, 5.41) is 7.89. The lowest BCUT2D eigenvalue weighted by atomic mass is 9.99. The van der Waals surface area contributed by atoms with Crippen molar-refractivity contribution in [2.45, 2.75) is 32.4 Å². The zero-order valence-electron chi connectivity index (χ0n) is 18.7. The normalized spacial score (nSPS) is 17.1. The highest BCUT2D eigenvalue weighted by molar-refractivity contribution is 6.39. The zero-order chi connectivity index (χ0) is 23.7. The molecule has 1 saturated heterocycles. The van der Waals surface area contributed by atoms with E-state index in [1.54, 1.807) is 18.3 Å². The van der Waals surface area contributed by atoms with Crippen LogP contribution in [0.5, 0.6) is 0 Å². The number of nitrogens with zero attached hydrogens (tertiary/aromatic N) is 4. The fourth-order valence-electron chi connectivity index (χ4n) is 4.43. The van der Waals surface area contributed by atoms with E-state index in [4.69, 9.17) is 33.2 Å². The van der Waals surface area contributed by atoms with Crippen molar-refractivity contribution in [3.05, 3.63) is 70.1 Å². The molecule has 0 radical (unpaired) electrons. The van der Waals surface area contributed by atoms with Crippen molar-refractivity contribution in [2.24, 2.45) is 5.92 Å². The maximum Gasteiger partial charge on any atom is 0.225 e. The lowest BCUT2D eigenvalue weighted by Crippen LogP contribution is -2.32. The molecular formula is C25H25Cl2FN6. The molecule has 2 atom stereocenters. The van der Waals surface area contributed by atoms with E-state index in [0.717, 1.165) is 43.7 Å². The summed E-state index contributed by atoms with van der Waals surface area (Å²) in [6.45, 7) is 4.71. The van der Waals surface area contributed by atoms with E-state index < -0.39 is 0 Å². The Morgan fingerprint density at radius 1 is 1.15 bits per heavy atom. The van der Waals surface area contributed by atoms with E-state index in [-0.39, 0.29) is 11.9 Å². The number of nitrogens with one attached hydrogen (secondary N) is 2. The first-order valence-corrected chi connectivity index (χ1v) is 12.2. The molecule has 0 bridgehead atoms. The number of anilines is 1. The molecule has 0 spiro atoms. The second-order valence-corrected chi connectivity index (χ2v) is 9.49. The fourth-order valence-corrected chi connectivity index (χ4v) is 5.00. The second kappa shape index (κ2) is 9.86. The molecule has 1 fully saturated rings. The Hall–Kier alpha value is -2.74. The molecular weight excluding hydrogens is 474 g/mol. The van der Waals surface area contributed by atoms with Crippen LogP contribution in [0.2, 0.25) is 10.0 Å². The number of imidazole rings is 1. The quantitative estimate of drug-likeness (QED) is 0.335. The van der Waals surface area contributed by atoms with Crippen LogP contribution in [0.4, 0.5) is 10.3 Å². The molecule has 6 nitrogen and oxygen atoms in total. The second-order valence-electron chi connectivity index (χ2n) is 8.68. The Morgan fingerprint density at radius 3 is 2.62 bits per heavy atom.